The summed E-state index contributed by atoms with van der Waals surface area (Å²) in [4.78, 5) is 15.6. The van der Waals surface area contributed by atoms with Crippen LogP contribution in [0.15, 0.2) is 54.7 Å². The molecule has 0 unspecified atom stereocenters. The maximum Gasteiger partial charge on any atom is 0.307 e. The molecular weight excluding hydrogens is 419 g/mol. The maximum atomic E-state index is 14.9. The third-order valence-corrected chi connectivity index (χ3v) is 7.20. The summed E-state index contributed by atoms with van der Waals surface area (Å²) in [5.41, 5.74) is 3.92. The van der Waals surface area contributed by atoms with Gasteiger partial charge in [0.1, 0.15) is 29.4 Å². The molecule has 1 N–H and O–H groups in total. The molecule has 2 aliphatic carbocycles. The number of carboxylic acids is 1. The van der Waals surface area contributed by atoms with Crippen LogP contribution >= 0.6 is 0 Å². The highest BCUT2D eigenvalue weighted by molar-refractivity contribution is 5.77. The van der Waals surface area contributed by atoms with Gasteiger partial charge in [-0.3, -0.25) is 4.79 Å². The van der Waals surface area contributed by atoms with Gasteiger partial charge in [0.2, 0.25) is 0 Å². The van der Waals surface area contributed by atoms with Gasteiger partial charge in [0.05, 0.1) is 5.92 Å². The van der Waals surface area contributed by atoms with E-state index in [0.717, 1.165) is 23.1 Å². The summed E-state index contributed by atoms with van der Waals surface area (Å²) >= 11 is 0. The number of carbonyl (C=O) groups is 1. The van der Waals surface area contributed by atoms with Crippen molar-refractivity contribution in [2.45, 2.75) is 44.1 Å². The Morgan fingerprint density at radius 3 is 2.70 bits per heavy atom. The fraction of sp³-hybridized carbons (Fsp3) is 0.296. The van der Waals surface area contributed by atoms with Crippen molar-refractivity contribution in [3.8, 4) is 22.9 Å². The van der Waals surface area contributed by atoms with Crippen LogP contribution in [0.4, 0.5) is 4.39 Å². The SMILES string of the molecule is CC[C@]1(c2ccc(O[C@@H]3CCc4c(-c5cccnc5C#N)ccc(F)c43)cc2)C[C@@H]1C(=O)O. The van der Waals surface area contributed by atoms with E-state index in [0.29, 0.717) is 41.8 Å². The van der Waals surface area contributed by atoms with E-state index in [-0.39, 0.29) is 17.2 Å². The third-order valence-electron chi connectivity index (χ3n) is 7.20. The van der Waals surface area contributed by atoms with Crippen molar-refractivity contribution in [2.75, 3.05) is 0 Å². The number of aliphatic carboxylic acids is 1. The molecule has 1 saturated carbocycles. The first-order chi connectivity index (χ1) is 16.0. The molecular formula is C27H23FN2O3. The third kappa shape index (κ3) is 3.45. The number of aromatic nitrogens is 1. The van der Waals surface area contributed by atoms with Crippen LogP contribution in [-0.4, -0.2) is 16.1 Å². The highest BCUT2D eigenvalue weighted by Gasteiger charge is 2.58. The number of carboxylic acid groups (broad SMARTS) is 1. The van der Waals surface area contributed by atoms with Crippen molar-refractivity contribution in [1.29, 1.82) is 5.26 Å². The number of nitrogens with zero attached hydrogens (tertiary/aromatic N) is 2. The average Bonchev–Trinajstić information content (AvgIpc) is 3.46. The summed E-state index contributed by atoms with van der Waals surface area (Å²) in [6.45, 7) is 2.02. The zero-order valence-corrected chi connectivity index (χ0v) is 18.2. The zero-order chi connectivity index (χ0) is 23.2. The van der Waals surface area contributed by atoms with E-state index in [9.17, 15) is 19.6 Å². The first-order valence-corrected chi connectivity index (χ1v) is 11.1. The number of hydrogen-bond donors (Lipinski definition) is 1. The standard InChI is InChI=1S/C27H23FN2O3/c1-2-27(14-21(27)26(31)32)16-5-7-17(8-6-16)33-24-12-10-20-18(9-11-22(28)25(20)24)19-4-3-13-30-23(19)15-29/h3-9,11,13,21,24H,2,10,12,14H2,1H3,(H,31,32)/t21-,24-,27-/m1/s1. The van der Waals surface area contributed by atoms with Gasteiger partial charge in [0, 0.05) is 22.7 Å². The number of benzene rings is 2. The molecule has 1 aromatic heterocycles. The Morgan fingerprint density at radius 2 is 2.03 bits per heavy atom. The number of halogens is 1. The Balaban J connectivity index is 1.42. The predicted octanol–water partition coefficient (Wildman–Crippen LogP) is 5.58. The van der Waals surface area contributed by atoms with E-state index < -0.39 is 12.1 Å². The van der Waals surface area contributed by atoms with Crippen molar-refractivity contribution in [1.82, 2.24) is 4.98 Å². The quantitative estimate of drug-likeness (QED) is 0.539. The number of hydrogen-bond acceptors (Lipinski definition) is 4. The van der Waals surface area contributed by atoms with E-state index in [1.807, 2.05) is 37.3 Å². The number of nitriles is 1. The Morgan fingerprint density at radius 1 is 1.24 bits per heavy atom. The van der Waals surface area contributed by atoms with Gasteiger partial charge in [-0.15, -0.1) is 0 Å². The van der Waals surface area contributed by atoms with Gasteiger partial charge in [-0.25, -0.2) is 9.37 Å². The Labute approximate surface area is 191 Å². The lowest BCUT2D eigenvalue weighted by Gasteiger charge is -2.19. The van der Waals surface area contributed by atoms with E-state index >= 15 is 0 Å². The van der Waals surface area contributed by atoms with Gasteiger partial charge < -0.3 is 9.84 Å². The van der Waals surface area contributed by atoms with Gasteiger partial charge >= 0.3 is 5.97 Å². The normalized spacial score (nSPS) is 22.9. The number of rotatable bonds is 6. The summed E-state index contributed by atoms with van der Waals surface area (Å²) in [6, 6.07) is 16.4. The molecule has 5 rings (SSSR count). The van der Waals surface area contributed by atoms with Crippen molar-refractivity contribution < 1.29 is 19.0 Å². The predicted molar refractivity (Wildman–Crippen MR) is 120 cm³/mol. The molecule has 2 aromatic carbocycles. The van der Waals surface area contributed by atoms with Crippen LogP contribution in [0.1, 0.15) is 54.7 Å². The first-order valence-electron chi connectivity index (χ1n) is 11.1. The fourth-order valence-corrected chi connectivity index (χ4v) is 5.33. The Kier molecular flexibility index (Phi) is 5.13. The minimum absolute atomic E-state index is 0.298. The van der Waals surface area contributed by atoms with Crippen LogP contribution in [0.5, 0.6) is 5.75 Å². The summed E-state index contributed by atoms with van der Waals surface area (Å²) in [5, 5.41) is 18.8. The van der Waals surface area contributed by atoms with Crippen molar-refractivity contribution in [3.63, 3.8) is 0 Å². The summed E-state index contributed by atoms with van der Waals surface area (Å²) < 4.78 is 21.1. The summed E-state index contributed by atoms with van der Waals surface area (Å²) in [6.07, 6.45) is 3.84. The lowest BCUT2D eigenvalue weighted by atomic mass is 9.90. The lowest BCUT2D eigenvalue weighted by Crippen LogP contribution is -2.14. The number of fused-ring (bicyclic) bond motifs is 1. The summed E-state index contributed by atoms with van der Waals surface area (Å²) in [7, 11) is 0. The van der Waals surface area contributed by atoms with Gasteiger partial charge in [-0.1, -0.05) is 25.1 Å². The second-order valence-electron chi connectivity index (χ2n) is 8.77. The van der Waals surface area contributed by atoms with Crippen molar-refractivity contribution in [3.05, 3.63) is 82.9 Å². The molecule has 166 valence electrons. The zero-order valence-electron chi connectivity index (χ0n) is 18.2. The summed E-state index contributed by atoms with van der Waals surface area (Å²) in [5.74, 6) is -0.782. The van der Waals surface area contributed by atoms with Crippen molar-refractivity contribution >= 4 is 5.97 Å². The van der Waals surface area contributed by atoms with Gasteiger partial charge in [-0.05, 0) is 72.7 Å². The van der Waals surface area contributed by atoms with Gasteiger partial charge in [-0.2, -0.15) is 5.26 Å². The van der Waals surface area contributed by atoms with Crippen LogP contribution in [0.2, 0.25) is 0 Å². The highest BCUT2D eigenvalue weighted by atomic mass is 19.1. The molecule has 0 amide bonds. The molecule has 2 aliphatic rings. The Bertz CT molecular complexity index is 1280. The lowest BCUT2D eigenvalue weighted by molar-refractivity contribution is -0.139. The molecule has 5 nitrogen and oxygen atoms in total. The number of ether oxygens (including phenoxy) is 1. The second-order valence-corrected chi connectivity index (χ2v) is 8.77. The van der Waals surface area contributed by atoms with Crippen LogP contribution in [0, 0.1) is 23.1 Å². The monoisotopic (exact) mass is 442 g/mol. The molecule has 3 atom stereocenters. The van der Waals surface area contributed by atoms with Crippen LogP contribution in [0.25, 0.3) is 11.1 Å². The van der Waals surface area contributed by atoms with Gasteiger partial charge in [0.15, 0.2) is 0 Å². The van der Waals surface area contributed by atoms with E-state index in [1.54, 1.807) is 18.3 Å². The molecule has 3 aromatic rings. The van der Waals surface area contributed by atoms with Crippen molar-refractivity contribution in [2.24, 2.45) is 5.92 Å². The van der Waals surface area contributed by atoms with E-state index in [1.165, 1.54) is 6.07 Å². The topological polar surface area (TPSA) is 83.2 Å². The fourth-order valence-electron chi connectivity index (χ4n) is 5.33. The molecule has 0 spiro atoms. The largest absolute Gasteiger partial charge is 0.486 e. The minimum atomic E-state index is -0.751. The molecule has 6 heteroatoms. The highest BCUT2D eigenvalue weighted by Crippen LogP contribution is 2.57. The minimum Gasteiger partial charge on any atom is -0.486 e. The Hall–Kier alpha value is -3.72. The van der Waals surface area contributed by atoms with Crippen LogP contribution < -0.4 is 4.74 Å². The molecule has 0 radical (unpaired) electrons. The second kappa shape index (κ2) is 8.00. The average molecular weight is 442 g/mol. The molecule has 1 fully saturated rings. The smallest absolute Gasteiger partial charge is 0.307 e. The number of pyridine rings is 1. The van der Waals surface area contributed by atoms with Gasteiger partial charge in [0.25, 0.3) is 0 Å². The van der Waals surface area contributed by atoms with Crippen LogP contribution in [-0.2, 0) is 16.6 Å². The molecule has 0 aliphatic heterocycles. The molecule has 33 heavy (non-hydrogen) atoms. The molecule has 0 bridgehead atoms. The van der Waals surface area contributed by atoms with E-state index in [4.69, 9.17) is 4.74 Å². The molecule has 0 saturated heterocycles. The molecule has 1 heterocycles. The van der Waals surface area contributed by atoms with Crippen LogP contribution in [0.3, 0.4) is 0 Å². The van der Waals surface area contributed by atoms with E-state index in [2.05, 4.69) is 11.1 Å². The first kappa shape index (κ1) is 21.1. The maximum absolute atomic E-state index is 14.9.